The first-order valence-corrected chi connectivity index (χ1v) is 8.48. The molecule has 1 aromatic rings. The van der Waals surface area contributed by atoms with Crippen LogP contribution >= 0.6 is 0 Å². The fourth-order valence-electron chi connectivity index (χ4n) is 2.95. The van der Waals surface area contributed by atoms with Gasteiger partial charge in [0.15, 0.2) is 17.6 Å². The molecule has 0 radical (unpaired) electrons. The Hall–Kier alpha value is -2.78. The molecule has 0 fully saturated rings. The van der Waals surface area contributed by atoms with Gasteiger partial charge in [-0.15, -0.1) is 0 Å². The number of benzene rings is 1. The molecule has 0 spiro atoms. The number of hydrogen-bond acceptors (Lipinski definition) is 8. The van der Waals surface area contributed by atoms with Crippen LogP contribution < -0.4 is 14.8 Å². The summed E-state index contributed by atoms with van der Waals surface area (Å²) >= 11 is 0. The van der Waals surface area contributed by atoms with Gasteiger partial charge in [-0.1, -0.05) is 0 Å². The summed E-state index contributed by atoms with van der Waals surface area (Å²) in [6.07, 6.45) is -0.226. The molecule has 2 heterocycles. The van der Waals surface area contributed by atoms with Gasteiger partial charge in [0, 0.05) is 25.4 Å². The summed E-state index contributed by atoms with van der Waals surface area (Å²) in [5.74, 6) is 0.140. The van der Waals surface area contributed by atoms with E-state index < -0.39 is 5.97 Å². The number of aliphatic hydroxyl groups is 1. The first-order valence-electron chi connectivity index (χ1n) is 8.48. The number of carbonyl (C=O) groups is 2. The molecule has 146 valence electrons. The minimum absolute atomic E-state index is 0.0782. The highest BCUT2D eigenvalue weighted by Crippen LogP contribution is 2.35. The van der Waals surface area contributed by atoms with E-state index in [1.165, 1.54) is 12.0 Å². The van der Waals surface area contributed by atoms with Crippen LogP contribution in [-0.2, 0) is 19.1 Å². The van der Waals surface area contributed by atoms with E-state index in [1.807, 2.05) is 0 Å². The number of rotatable bonds is 7. The Kier molecular flexibility index (Phi) is 5.82. The molecule has 0 aliphatic carbocycles. The van der Waals surface area contributed by atoms with E-state index in [9.17, 15) is 9.59 Å². The highest BCUT2D eigenvalue weighted by atomic mass is 16.6. The van der Waals surface area contributed by atoms with Crippen LogP contribution in [0.1, 0.15) is 0 Å². The lowest BCUT2D eigenvalue weighted by molar-refractivity contribution is -0.136. The van der Waals surface area contributed by atoms with Gasteiger partial charge in [0.1, 0.15) is 12.3 Å². The summed E-state index contributed by atoms with van der Waals surface area (Å²) in [6, 6.07) is 5.15. The number of aliphatic hydroxyl groups excluding tert-OH is 1. The fourth-order valence-corrected chi connectivity index (χ4v) is 2.95. The number of anilines is 1. The minimum atomic E-state index is -0.594. The number of amides is 1. The molecule has 2 aliphatic rings. The van der Waals surface area contributed by atoms with Crippen LogP contribution in [0.15, 0.2) is 29.5 Å². The summed E-state index contributed by atoms with van der Waals surface area (Å²) in [4.78, 5) is 26.0. The zero-order valence-corrected chi connectivity index (χ0v) is 15.2. The van der Waals surface area contributed by atoms with Crippen LogP contribution in [-0.4, -0.2) is 75.1 Å². The number of nitrogens with one attached hydrogen (secondary N) is 1. The zero-order chi connectivity index (χ0) is 19.4. The fraction of sp³-hybridized carbons (Fsp3) is 0.444. The third-order valence-corrected chi connectivity index (χ3v) is 4.24. The molecule has 0 saturated carbocycles. The lowest BCUT2D eigenvalue weighted by Crippen LogP contribution is -2.33. The predicted molar refractivity (Wildman–Crippen MR) is 94.6 cm³/mol. The van der Waals surface area contributed by atoms with Crippen LogP contribution in [0, 0.1) is 0 Å². The smallest absolute Gasteiger partial charge is 0.337 e. The van der Waals surface area contributed by atoms with Crippen molar-refractivity contribution >= 4 is 17.6 Å². The van der Waals surface area contributed by atoms with Gasteiger partial charge in [0.2, 0.25) is 0 Å². The predicted octanol–water partition coefficient (Wildman–Crippen LogP) is 0.146. The maximum absolute atomic E-state index is 12.6. The molecular weight excluding hydrogens is 356 g/mol. The number of fused-ring (bicyclic) bond motifs is 1. The Morgan fingerprint density at radius 2 is 2.19 bits per heavy atom. The Morgan fingerprint density at radius 1 is 1.37 bits per heavy atom. The van der Waals surface area contributed by atoms with Crippen LogP contribution in [0.4, 0.5) is 5.69 Å². The normalized spacial score (nSPS) is 18.7. The third kappa shape index (κ3) is 3.99. The molecule has 1 unspecified atom stereocenters. The van der Waals surface area contributed by atoms with E-state index in [0.717, 1.165) is 0 Å². The van der Waals surface area contributed by atoms with Crippen LogP contribution in [0.3, 0.4) is 0 Å². The van der Waals surface area contributed by atoms with Crippen molar-refractivity contribution in [2.24, 2.45) is 0 Å². The van der Waals surface area contributed by atoms with Crippen LogP contribution in [0.25, 0.3) is 0 Å². The topological polar surface area (TPSA) is 107 Å². The van der Waals surface area contributed by atoms with E-state index in [1.54, 1.807) is 25.3 Å². The Balaban J connectivity index is 1.83. The van der Waals surface area contributed by atoms with Gasteiger partial charge in [0.05, 0.1) is 32.4 Å². The molecule has 0 aromatic heterocycles. The molecule has 2 N–H and O–H groups in total. The van der Waals surface area contributed by atoms with E-state index in [0.29, 0.717) is 30.4 Å². The van der Waals surface area contributed by atoms with Crippen molar-refractivity contribution in [3.63, 3.8) is 0 Å². The molecule has 27 heavy (non-hydrogen) atoms. The minimum Gasteiger partial charge on any atom is -0.486 e. The van der Waals surface area contributed by atoms with Crippen molar-refractivity contribution in [3.8, 4) is 11.5 Å². The van der Waals surface area contributed by atoms with Crippen molar-refractivity contribution in [3.05, 3.63) is 29.5 Å². The number of esters is 1. The number of methoxy groups -OCH3 is 2. The second-order valence-electron chi connectivity index (χ2n) is 6.09. The summed E-state index contributed by atoms with van der Waals surface area (Å²) in [6.45, 7) is 0.792. The number of hydrogen-bond donors (Lipinski definition) is 2. The van der Waals surface area contributed by atoms with Crippen molar-refractivity contribution in [2.45, 2.75) is 6.10 Å². The van der Waals surface area contributed by atoms with E-state index in [4.69, 9.17) is 24.1 Å². The molecular formula is C18H22N2O7. The lowest BCUT2D eigenvalue weighted by Gasteiger charge is -2.26. The Bertz CT molecular complexity index is 762. The van der Waals surface area contributed by atoms with Gasteiger partial charge in [0.25, 0.3) is 5.91 Å². The number of β-amino-alcohol motifs (C(OH)–C–C–N with tert-alkyl or cyclic N) is 1. The SMILES string of the molecule is COCC1COc2ccc(NC3=C(C(=O)OC)CN(CCO)C3=O)cc2O1. The summed E-state index contributed by atoms with van der Waals surface area (Å²) in [7, 11) is 2.84. The van der Waals surface area contributed by atoms with Gasteiger partial charge in [-0.2, -0.15) is 0 Å². The number of nitrogens with zero attached hydrogens (tertiary/aromatic N) is 1. The molecule has 1 aromatic carbocycles. The molecule has 0 saturated heterocycles. The molecule has 0 bridgehead atoms. The highest BCUT2D eigenvalue weighted by molar-refractivity contribution is 6.08. The van der Waals surface area contributed by atoms with Gasteiger partial charge in [-0.05, 0) is 12.1 Å². The number of carbonyl (C=O) groups excluding carboxylic acids is 2. The molecule has 1 atom stereocenters. The summed E-state index contributed by atoms with van der Waals surface area (Å²) in [5, 5.41) is 12.1. The first-order chi connectivity index (χ1) is 13.1. The quantitative estimate of drug-likeness (QED) is 0.646. The van der Waals surface area contributed by atoms with Crippen LogP contribution in [0.5, 0.6) is 11.5 Å². The third-order valence-electron chi connectivity index (χ3n) is 4.24. The molecule has 1 amide bonds. The van der Waals surface area contributed by atoms with Crippen molar-refractivity contribution in [1.82, 2.24) is 4.90 Å². The summed E-state index contributed by atoms with van der Waals surface area (Å²) in [5.41, 5.74) is 0.898. The molecule has 9 heteroatoms. The molecule has 3 rings (SSSR count). The average Bonchev–Trinajstić information content (AvgIpc) is 2.97. The number of ether oxygens (including phenoxy) is 4. The summed E-state index contributed by atoms with van der Waals surface area (Å²) < 4.78 is 21.3. The maximum Gasteiger partial charge on any atom is 0.337 e. The standard InChI is InChI=1S/C18H22N2O7/c1-24-9-12-10-26-14-4-3-11(7-15(14)27-12)19-16-13(18(23)25-2)8-20(5-6-21)17(16)22/h3-4,7,12,19,21H,5-6,8-10H2,1-2H3. The largest absolute Gasteiger partial charge is 0.486 e. The Labute approximate surface area is 156 Å². The second-order valence-corrected chi connectivity index (χ2v) is 6.09. The monoisotopic (exact) mass is 378 g/mol. The van der Waals surface area contributed by atoms with Gasteiger partial charge < -0.3 is 34.3 Å². The van der Waals surface area contributed by atoms with Gasteiger partial charge in [-0.25, -0.2) is 4.79 Å². The lowest BCUT2D eigenvalue weighted by atomic mass is 10.2. The van der Waals surface area contributed by atoms with Crippen molar-refractivity contribution in [1.29, 1.82) is 0 Å². The maximum atomic E-state index is 12.6. The molecule has 2 aliphatic heterocycles. The second kappa shape index (κ2) is 8.28. The van der Waals surface area contributed by atoms with Gasteiger partial charge in [-0.3, -0.25) is 4.79 Å². The van der Waals surface area contributed by atoms with Crippen LogP contribution in [0.2, 0.25) is 0 Å². The highest BCUT2D eigenvalue weighted by Gasteiger charge is 2.34. The van der Waals surface area contributed by atoms with E-state index in [2.05, 4.69) is 5.32 Å². The van der Waals surface area contributed by atoms with Crippen molar-refractivity contribution in [2.75, 3.05) is 52.4 Å². The van der Waals surface area contributed by atoms with Crippen molar-refractivity contribution < 1.29 is 33.6 Å². The van der Waals surface area contributed by atoms with E-state index >= 15 is 0 Å². The first kappa shape index (κ1) is 19.0. The Morgan fingerprint density at radius 3 is 2.89 bits per heavy atom. The van der Waals surface area contributed by atoms with E-state index in [-0.39, 0.29) is 43.0 Å². The molecule has 9 nitrogen and oxygen atoms in total. The average molecular weight is 378 g/mol. The van der Waals surface area contributed by atoms with Gasteiger partial charge >= 0.3 is 5.97 Å². The zero-order valence-electron chi connectivity index (χ0n) is 15.2.